The summed E-state index contributed by atoms with van der Waals surface area (Å²) in [7, 11) is -18.0. The van der Waals surface area contributed by atoms with Crippen molar-refractivity contribution < 1.29 is 48.3 Å². The number of nitro groups is 1. The van der Waals surface area contributed by atoms with Crippen LogP contribution in [-0.4, -0.2) is 90.1 Å². The molecule has 4 rings (SSSR count). The Morgan fingerprint density at radius 1 is 0.792 bits per heavy atom. The predicted molar refractivity (Wildman–Crippen MR) is 176 cm³/mol. The maximum atomic E-state index is 13.4. The zero-order valence-electron chi connectivity index (χ0n) is 24.4. The van der Waals surface area contributed by atoms with Gasteiger partial charge in [0.25, 0.3) is 25.8 Å². The van der Waals surface area contributed by atoms with Crippen molar-refractivity contribution in [3.8, 4) is 5.75 Å². The summed E-state index contributed by atoms with van der Waals surface area (Å²) in [6.07, 6.45) is 0.771. The fraction of sp³-hybridized carbons (Fsp3) is 0.154. The molecule has 22 heteroatoms. The van der Waals surface area contributed by atoms with Crippen molar-refractivity contribution in [3.63, 3.8) is 0 Å². The molecule has 0 aromatic heterocycles. The van der Waals surface area contributed by atoms with Gasteiger partial charge >= 0.3 is 29.6 Å². The number of azo groups is 1. The van der Waals surface area contributed by atoms with E-state index in [2.05, 4.69) is 19.7 Å². The number of phenolic OH excluding ortho intramolecular Hbond substituents is 1. The third-order valence-corrected chi connectivity index (χ3v) is 11.2. The minimum absolute atomic E-state index is 0. The molecule has 0 saturated carbocycles. The molecule has 0 aliphatic rings. The van der Waals surface area contributed by atoms with Crippen molar-refractivity contribution in [1.29, 1.82) is 0 Å². The number of non-ortho nitro benzene ring substituents is 1. The number of hydrogen-bond acceptors (Lipinski definition) is 13. The Hall–Kier alpha value is -3.54. The molecule has 0 amide bonds. The van der Waals surface area contributed by atoms with Crippen molar-refractivity contribution >= 4 is 103 Å². The van der Waals surface area contributed by atoms with Gasteiger partial charge in [-0.25, -0.2) is 30.0 Å². The van der Waals surface area contributed by atoms with Gasteiger partial charge in [-0.05, 0) is 50.2 Å². The van der Waals surface area contributed by atoms with Crippen LogP contribution in [0.4, 0.5) is 22.7 Å². The van der Waals surface area contributed by atoms with Gasteiger partial charge in [-0.15, -0.1) is 10.2 Å². The molecule has 0 fully saturated rings. The van der Waals surface area contributed by atoms with E-state index >= 15 is 0 Å². The van der Waals surface area contributed by atoms with E-state index in [1.165, 1.54) is 32.0 Å². The second kappa shape index (κ2) is 14.1. The average molecular weight is 752 g/mol. The molecule has 4 aromatic rings. The van der Waals surface area contributed by atoms with Gasteiger partial charge in [0.2, 0.25) is 10.0 Å². The molecule has 4 aromatic carbocycles. The summed E-state index contributed by atoms with van der Waals surface area (Å²) in [5, 5.41) is 29.8. The van der Waals surface area contributed by atoms with Gasteiger partial charge in [0, 0.05) is 35.2 Å². The Labute approximate surface area is 297 Å². The van der Waals surface area contributed by atoms with Crippen LogP contribution in [-0.2, 0) is 40.0 Å². The molecular formula is C26H26N5NaO12S4. The molecule has 0 radical (unpaired) electrons. The van der Waals surface area contributed by atoms with E-state index in [1.807, 2.05) is 0 Å². The number of benzene rings is 4. The van der Waals surface area contributed by atoms with Gasteiger partial charge in [0.05, 0.1) is 26.1 Å². The van der Waals surface area contributed by atoms with Gasteiger partial charge in [-0.2, -0.15) is 8.42 Å². The summed E-state index contributed by atoms with van der Waals surface area (Å²) in [5.41, 5.74) is -1.66. The summed E-state index contributed by atoms with van der Waals surface area (Å²) >= 11 is 0. The van der Waals surface area contributed by atoms with Crippen LogP contribution in [0.25, 0.3) is 10.8 Å². The van der Waals surface area contributed by atoms with Gasteiger partial charge in [-0.3, -0.25) is 19.4 Å². The predicted octanol–water partition coefficient (Wildman–Crippen LogP) is 3.36. The van der Waals surface area contributed by atoms with E-state index in [0.29, 0.717) is 6.07 Å². The van der Waals surface area contributed by atoms with Crippen LogP contribution >= 0.6 is 0 Å². The monoisotopic (exact) mass is 751 g/mol. The molecule has 252 valence electrons. The van der Waals surface area contributed by atoms with Gasteiger partial charge in [-0.1, -0.05) is 18.2 Å². The summed E-state index contributed by atoms with van der Waals surface area (Å²) in [6.45, 7) is 3.03. The summed E-state index contributed by atoms with van der Waals surface area (Å²) in [4.78, 5) is 7.82. The van der Waals surface area contributed by atoms with E-state index in [-0.39, 0.29) is 51.7 Å². The quantitative estimate of drug-likeness (QED) is 0.0565. The fourth-order valence-corrected chi connectivity index (χ4v) is 8.20. The Bertz CT molecular complexity index is 2420. The third-order valence-electron chi connectivity index (χ3n) is 6.23. The maximum absolute atomic E-state index is 13.4. The first-order valence-corrected chi connectivity index (χ1v) is 19.2. The summed E-state index contributed by atoms with van der Waals surface area (Å²) in [6, 6.07) is 10.4. The second-order valence-corrected chi connectivity index (χ2v) is 17.0. The van der Waals surface area contributed by atoms with Gasteiger partial charge < -0.3 is 5.11 Å². The molecule has 0 unspecified atom stereocenters. The molecule has 0 aliphatic heterocycles. The Balaban J connectivity index is 0.00000625. The topological polar surface area (TPSA) is 269 Å². The zero-order chi connectivity index (χ0) is 35.1. The molecule has 0 heterocycles. The van der Waals surface area contributed by atoms with Crippen molar-refractivity contribution in [2.75, 3.05) is 11.0 Å². The van der Waals surface area contributed by atoms with Crippen LogP contribution in [0.3, 0.4) is 0 Å². The minimum atomic E-state index is -4.78. The van der Waals surface area contributed by atoms with Crippen LogP contribution in [0.5, 0.6) is 5.75 Å². The molecule has 0 spiro atoms. The normalized spacial score (nSPS) is 12.7. The van der Waals surface area contributed by atoms with Crippen LogP contribution in [0.1, 0.15) is 13.8 Å². The first kappa shape index (κ1) is 38.9. The summed E-state index contributed by atoms with van der Waals surface area (Å²) in [5.74, 6) is -0.811. The van der Waals surface area contributed by atoms with Crippen LogP contribution < -0.4 is 9.44 Å². The van der Waals surface area contributed by atoms with Gasteiger partial charge in [0.1, 0.15) is 21.2 Å². The van der Waals surface area contributed by atoms with E-state index in [1.54, 1.807) is 0 Å². The molecule has 0 atom stereocenters. The molecule has 0 bridgehead atoms. The first-order valence-electron chi connectivity index (χ1n) is 12.9. The van der Waals surface area contributed by atoms with Crippen LogP contribution in [0.2, 0.25) is 0 Å². The van der Waals surface area contributed by atoms with Gasteiger partial charge in [0.15, 0.2) is 9.84 Å². The van der Waals surface area contributed by atoms with Crippen LogP contribution in [0, 0.1) is 10.1 Å². The molecule has 48 heavy (non-hydrogen) atoms. The standard InChI is InChI=1S/C26H25N5O12S4.Na.H/c1-15(2)29-46(39,40)24-14-22(28-27-20-11-10-16(31(33)34)12-23(20)44(3,35)36)25-19(26(24)32)8-5-9-21(25)30-45(37,38)17-6-4-7-18(13-17)47(41,42)43;;/h4-15,29-30,32H,1-3H3,(H,41,42,43);;. The Kier molecular flexibility index (Phi) is 11.5. The number of nitro benzene ring substituents is 1. The van der Waals surface area contributed by atoms with E-state index < -0.39 is 87.7 Å². The van der Waals surface area contributed by atoms with Crippen molar-refractivity contribution in [2.45, 2.75) is 39.5 Å². The number of nitrogens with zero attached hydrogens (tertiary/aromatic N) is 3. The molecule has 0 saturated heterocycles. The van der Waals surface area contributed by atoms with E-state index in [0.717, 1.165) is 48.7 Å². The number of phenols is 1. The summed E-state index contributed by atoms with van der Waals surface area (Å²) < 4.78 is 115. The number of sulfonamides is 2. The second-order valence-electron chi connectivity index (χ2n) is 10.2. The zero-order valence-corrected chi connectivity index (χ0v) is 27.6. The van der Waals surface area contributed by atoms with Crippen molar-refractivity contribution in [3.05, 3.63) is 76.8 Å². The number of nitrogens with one attached hydrogen (secondary N) is 2. The number of sulfone groups is 1. The molecule has 0 aliphatic carbocycles. The number of rotatable bonds is 11. The molecule has 4 N–H and O–H groups in total. The number of fused-ring (bicyclic) bond motifs is 1. The average Bonchev–Trinajstić information content (AvgIpc) is 2.95. The van der Waals surface area contributed by atoms with Crippen molar-refractivity contribution in [1.82, 2.24) is 4.72 Å². The van der Waals surface area contributed by atoms with E-state index in [4.69, 9.17) is 0 Å². The van der Waals surface area contributed by atoms with Crippen LogP contribution in [0.15, 0.2) is 96.5 Å². The molecular weight excluding hydrogens is 726 g/mol. The number of anilines is 1. The number of hydrogen-bond donors (Lipinski definition) is 4. The molecule has 17 nitrogen and oxygen atoms in total. The van der Waals surface area contributed by atoms with E-state index in [9.17, 15) is 53.4 Å². The Morgan fingerprint density at radius 2 is 1.40 bits per heavy atom. The fourth-order valence-electron chi connectivity index (χ4n) is 4.27. The number of aromatic hydroxyl groups is 1. The third kappa shape index (κ3) is 8.54. The first-order chi connectivity index (χ1) is 21.6. The Morgan fingerprint density at radius 3 is 1.98 bits per heavy atom. The van der Waals surface area contributed by atoms with Crippen molar-refractivity contribution in [2.24, 2.45) is 10.2 Å². The SMILES string of the molecule is CC(C)NS(=O)(=O)c1cc(N=Nc2ccc([N+](=O)[O-])cc2S(C)(=O)=O)c2c(NS(=O)(=O)c3cccc(S(=O)(=O)O)c3)cccc2c1O.[NaH].